The van der Waals surface area contributed by atoms with Gasteiger partial charge in [-0.2, -0.15) is 0 Å². The molecule has 0 bridgehead atoms. The average Bonchev–Trinajstić information content (AvgIpc) is 2.44. The summed E-state index contributed by atoms with van der Waals surface area (Å²) < 4.78 is 5.42. The Morgan fingerprint density at radius 3 is 2.65 bits per heavy atom. The normalized spacial score (nSPS) is 17.4. The standard InChI is InChI=1S/C16H25ClN2O/c1-13-4-5-14(10-15(13)17)11-18-12-16(2,3)19-6-8-20-9-7-19/h4-5,10,18H,6-9,11-12H2,1-3H3. The molecule has 4 heteroatoms. The van der Waals surface area contributed by atoms with Crippen molar-refractivity contribution in [2.45, 2.75) is 32.9 Å². The SMILES string of the molecule is Cc1ccc(CNCC(C)(C)N2CCOCC2)cc1Cl. The predicted octanol–water partition coefficient (Wildman–Crippen LogP) is 2.85. The van der Waals surface area contributed by atoms with Gasteiger partial charge in [0.1, 0.15) is 0 Å². The lowest BCUT2D eigenvalue weighted by Crippen LogP contribution is -2.54. The summed E-state index contributed by atoms with van der Waals surface area (Å²) in [4.78, 5) is 2.49. The fourth-order valence-corrected chi connectivity index (χ4v) is 2.74. The van der Waals surface area contributed by atoms with Crippen LogP contribution >= 0.6 is 11.6 Å². The van der Waals surface area contributed by atoms with Crippen molar-refractivity contribution in [2.75, 3.05) is 32.8 Å². The maximum absolute atomic E-state index is 6.15. The van der Waals surface area contributed by atoms with Gasteiger partial charge in [-0.25, -0.2) is 0 Å². The van der Waals surface area contributed by atoms with E-state index in [0.717, 1.165) is 50.0 Å². The molecule has 0 spiro atoms. The van der Waals surface area contributed by atoms with E-state index in [1.165, 1.54) is 5.56 Å². The molecule has 20 heavy (non-hydrogen) atoms. The molecule has 1 heterocycles. The van der Waals surface area contributed by atoms with Gasteiger partial charge in [-0.15, -0.1) is 0 Å². The van der Waals surface area contributed by atoms with E-state index in [1.54, 1.807) is 0 Å². The van der Waals surface area contributed by atoms with E-state index < -0.39 is 0 Å². The highest BCUT2D eigenvalue weighted by Gasteiger charge is 2.27. The first-order chi connectivity index (χ1) is 9.49. The fraction of sp³-hybridized carbons (Fsp3) is 0.625. The third kappa shape index (κ3) is 4.19. The van der Waals surface area contributed by atoms with Crippen LogP contribution < -0.4 is 5.32 Å². The zero-order chi connectivity index (χ0) is 14.6. The molecule has 0 atom stereocenters. The van der Waals surface area contributed by atoms with Gasteiger partial charge >= 0.3 is 0 Å². The molecule has 1 saturated heterocycles. The van der Waals surface area contributed by atoms with Crippen LogP contribution in [0.3, 0.4) is 0 Å². The average molecular weight is 297 g/mol. The van der Waals surface area contributed by atoms with Gasteiger partial charge < -0.3 is 10.1 Å². The Kier molecular flexibility index (Phi) is 5.44. The van der Waals surface area contributed by atoms with Gasteiger partial charge in [0.05, 0.1) is 13.2 Å². The number of aryl methyl sites for hydroxylation is 1. The topological polar surface area (TPSA) is 24.5 Å². The Balaban J connectivity index is 1.83. The van der Waals surface area contributed by atoms with E-state index >= 15 is 0 Å². The summed E-state index contributed by atoms with van der Waals surface area (Å²) in [6, 6.07) is 6.26. The van der Waals surface area contributed by atoms with Crippen molar-refractivity contribution in [1.82, 2.24) is 10.2 Å². The van der Waals surface area contributed by atoms with Crippen molar-refractivity contribution < 1.29 is 4.74 Å². The van der Waals surface area contributed by atoms with Crippen LogP contribution in [-0.2, 0) is 11.3 Å². The number of morpholine rings is 1. The second-order valence-electron chi connectivity index (χ2n) is 6.10. The van der Waals surface area contributed by atoms with Crippen LogP contribution in [0.5, 0.6) is 0 Å². The van der Waals surface area contributed by atoms with E-state index in [1.807, 2.05) is 13.0 Å². The molecule has 0 aliphatic carbocycles. The van der Waals surface area contributed by atoms with Gasteiger partial charge in [0.15, 0.2) is 0 Å². The molecule has 1 N–H and O–H groups in total. The number of ether oxygens (including phenoxy) is 1. The second kappa shape index (κ2) is 6.90. The van der Waals surface area contributed by atoms with Crippen LogP contribution in [0.25, 0.3) is 0 Å². The van der Waals surface area contributed by atoms with Crippen molar-refractivity contribution in [3.63, 3.8) is 0 Å². The first-order valence-electron chi connectivity index (χ1n) is 7.27. The third-order valence-corrected chi connectivity index (χ3v) is 4.40. The van der Waals surface area contributed by atoms with E-state index in [2.05, 4.69) is 36.2 Å². The van der Waals surface area contributed by atoms with Crippen molar-refractivity contribution in [1.29, 1.82) is 0 Å². The highest BCUT2D eigenvalue weighted by atomic mass is 35.5. The van der Waals surface area contributed by atoms with Crippen LogP contribution in [-0.4, -0.2) is 43.3 Å². The molecule has 0 amide bonds. The zero-order valence-electron chi connectivity index (χ0n) is 12.7. The number of hydrogen-bond donors (Lipinski definition) is 1. The Bertz CT molecular complexity index is 442. The molecule has 0 radical (unpaired) electrons. The largest absolute Gasteiger partial charge is 0.379 e. The maximum atomic E-state index is 6.15. The van der Waals surface area contributed by atoms with Crippen molar-refractivity contribution in [3.8, 4) is 0 Å². The van der Waals surface area contributed by atoms with Gasteiger partial charge in [-0.3, -0.25) is 4.90 Å². The molecule has 0 unspecified atom stereocenters. The van der Waals surface area contributed by atoms with Crippen LogP contribution in [0.1, 0.15) is 25.0 Å². The Hall–Kier alpha value is -0.610. The van der Waals surface area contributed by atoms with Crippen molar-refractivity contribution in [3.05, 3.63) is 34.3 Å². The Morgan fingerprint density at radius 1 is 1.30 bits per heavy atom. The zero-order valence-corrected chi connectivity index (χ0v) is 13.5. The minimum atomic E-state index is 0.151. The molecule has 1 fully saturated rings. The van der Waals surface area contributed by atoms with Crippen LogP contribution in [0.15, 0.2) is 18.2 Å². The molecule has 0 saturated carbocycles. The summed E-state index contributed by atoms with van der Waals surface area (Å²) in [5.74, 6) is 0. The number of hydrogen-bond acceptors (Lipinski definition) is 3. The molecular formula is C16H25ClN2O. The molecule has 1 aromatic rings. The molecule has 1 aliphatic heterocycles. The Labute approximate surface area is 127 Å². The lowest BCUT2D eigenvalue weighted by Gasteiger charge is -2.41. The first-order valence-corrected chi connectivity index (χ1v) is 7.65. The summed E-state index contributed by atoms with van der Waals surface area (Å²) >= 11 is 6.15. The van der Waals surface area contributed by atoms with E-state index in [0.29, 0.717) is 0 Å². The summed E-state index contributed by atoms with van der Waals surface area (Å²) in [7, 11) is 0. The summed E-state index contributed by atoms with van der Waals surface area (Å²) in [6.07, 6.45) is 0. The fourth-order valence-electron chi connectivity index (χ4n) is 2.54. The molecule has 0 aromatic heterocycles. The minimum absolute atomic E-state index is 0.151. The van der Waals surface area contributed by atoms with Gasteiger partial charge in [-0.1, -0.05) is 23.7 Å². The lowest BCUT2D eigenvalue weighted by atomic mass is 10.0. The highest BCUT2D eigenvalue weighted by Crippen LogP contribution is 2.18. The maximum Gasteiger partial charge on any atom is 0.0594 e. The quantitative estimate of drug-likeness (QED) is 0.904. The summed E-state index contributed by atoms with van der Waals surface area (Å²) in [5, 5.41) is 4.39. The molecule has 2 rings (SSSR count). The number of nitrogens with one attached hydrogen (secondary N) is 1. The Morgan fingerprint density at radius 2 is 2.00 bits per heavy atom. The third-order valence-electron chi connectivity index (χ3n) is 3.99. The van der Waals surface area contributed by atoms with E-state index in [-0.39, 0.29) is 5.54 Å². The number of rotatable bonds is 5. The molecule has 1 aliphatic rings. The van der Waals surface area contributed by atoms with E-state index in [4.69, 9.17) is 16.3 Å². The lowest BCUT2D eigenvalue weighted by molar-refractivity contribution is -0.00966. The molecule has 1 aromatic carbocycles. The minimum Gasteiger partial charge on any atom is -0.379 e. The van der Waals surface area contributed by atoms with Gasteiger partial charge in [0.25, 0.3) is 0 Å². The summed E-state index contributed by atoms with van der Waals surface area (Å²) in [5.41, 5.74) is 2.51. The number of nitrogens with zero attached hydrogens (tertiary/aromatic N) is 1. The van der Waals surface area contributed by atoms with Crippen LogP contribution in [0.4, 0.5) is 0 Å². The van der Waals surface area contributed by atoms with E-state index in [9.17, 15) is 0 Å². The van der Waals surface area contributed by atoms with Crippen LogP contribution in [0, 0.1) is 6.92 Å². The highest BCUT2D eigenvalue weighted by molar-refractivity contribution is 6.31. The second-order valence-corrected chi connectivity index (χ2v) is 6.51. The molecule has 112 valence electrons. The smallest absolute Gasteiger partial charge is 0.0594 e. The number of halogens is 1. The first kappa shape index (κ1) is 15.8. The molecule has 3 nitrogen and oxygen atoms in total. The predicted molar refractivity (Wildman–Crippen MR) is 84.4 cm³/mol. The van der Waals surface area contributed by atoms with Crippen LogP contribution in [0.2, 0.25) is 5.02 Å². The monoisotopic (exact) mass is 296 g/mol. The molecular weight excluding hydrogens is 272 g/mol. The number of benzene rings is 1. The van der Waals surface area contributed by atoms with Gasteiger partial charge in [0, 0.05) is 36.7 Å². The van der Waals surface area contributed by atoms with Crippen molar-refractivity contribution >= 4 is 11.6 Å². The van der Waals surface area contributed by atoms with Gasteiger partial charge in [0.2, 0.25) is 0 Å². The van der Waals surface area contributed by atoms with Crippen molar-refractivity contribution in [2.24, 2.45) is 0 Å². The summed E-state index contributed by atoms with van der Waals surface area (Å²) in [6.45, 7) is 12.1. The van der Waals surface area contributed by atoms with Gasteiger partial charge in [-0.05, 0) is 38.0 Å².